The maximum absolute atomic E-state index is 5.76. The van der Waals surface area contributed by atoms with Crippen LogP contribution in [0.3, 0.4) is 0 Å². The molecule has 0 unspecified atom stereocenters. The van der Waals surface area contributed by atoms with E-state index >= 15 is 0 Å². The van der Waals surface area contributed by atoms with Crippen LogP contribution in [0, 0.1) is 11.8 Å². The van der Waals surface area contributed by atoms with Crippen LogP contribution in [-0.4, -0.2) is 53.2 Å². The molecule has 0 N–H and O–H groups in total. The second kappa shape index (κ2) is 8.09. The first kappa shape index (κ1) is 16.7. The number of hydrogen-bond acceptors (Lipinski definition) is 4. The molecule has 0 radical (unpaired) electrons. The minimum absolute atomic E-state index is 0.266. The molecule has 1 aliphatic heterocycles. The normalized spacial score (nSPS) is 17.5. The monoisotopic (exact) mass is 324 g/mol. The summed E-state index contributed by atoms with van der Waals surface area (Å²) in [5, 5.41) is 8.51. The Hall–Kier alpha value is -2.16. The maximum atomic E-state index is 5.76. The lowest BCUT2D eigenvalue weighted by molar-refractivity contribution is 0.00370. The lowest BCUT2D eigenvalue weighted by Gasteiger charge is -2.21. The molecule has 0 spiro atoms. The summed E-state index contributed by atoms with van der Waals surface area (Å²) in [5.74, 6) is 6.30. The van der Waals surface area contributed by atoms with Crippen molar-refractivity contribution in [2.45, 2.75) is 31.9 Å². The first-order valence-electron chi connectivity index (χ1n) is 8.46. The zero-order valence-electron chi connectivity index (χ0n) is 14.4. The van der Waals surface area contributed by atoms with Gasteiger partial charge in [0.2, 0.25) is 0 Å². The smallest absolute Gasteiger partial charge is 0.113 e. The Balaban J connectivity index is 1.62. The molecule has 1 aromatic carbocycles. The molecule has 0 aliphatic carbocycles. The zero-order chi connectivity index (χ0) is 16.8. The third-order valence-electron chi connectivity index (χ3n) is 4.01. The molecule has 5 heteroatoms. The standard InChI is InChI=1S/C19H24N4O/c1-22(2)12-5-6-16-8-10-17(11-9-16)19-15-23(21-20-19)14-18-7-3-4-13-24-18/h8-11,15,18H,3-4,7,12-14H2,1-2H3/t18-/m1/s1. The van der Waals surface area contributed by atoms with Crippen molar-refractivity contribution in [3.8, 4) is 23.1 Å². The van der Waals surface area contributed by atoms with Gasteiger partial charge in [0, 0.05) is 17.7 Å². The van der Waals surface area contributed by atoms with Gasteiger partial charge < -0.3 is 4.74 Å². The molecule has 1 aliphatic rings. The Morgan fingerprint density at radius 2 is 2.08 bits per heavy atom. The topological polar surface area (TPSA) is 43.2 Å². The van der Waals surface area contributed by atoms with Gasteiger partial charge in [0.1, 0.15) is 5.69 Å². The van der Waals surface area contributed by atoms with Crippen molar-refractivity contribution in [1.29, 1.82) is 0 Å². The van der Waals surface area contributed by atoms with Crippen LogP contribution >= 0.6 is 0 Å². The Kier molecular flexibility index (Phi) is 5.63. The third-order valence-corrected chi connectivity index (χ3v) is 4.01. The Labute approximate surface area is 143 Å². The predicted octanol–water partition coefficient (Wildman–Crippen LogP) is 2.43. The van der Waals surface area contributed by atoms with Gasteiger partial charge in [-0.2, -0.15) is 0 Å². The highest BCUT2D eigenvalue weighted by Crippen LogP contribution is 2.18. The molecule has 24 heavy (non-hydrogen) atoms. The number of ether oxygens (including phenoxy) is 1. The molecule has 1 atom stereocenters. The predicted molar refractivity (Wildman–Crippen MR) is 94.5 cm³/mol. The summed E-state index contributed by atoms with van der Waals surface area (Å²) < 4.78 is 7.64. The zero-order valence-corrected chi connectivity index (χ0v) is 14.4. The summed E-state index contributed by atoms with van der Waals surface area (Å²) >= 11 is 0. The van der Waals surface area contributed by atoms with Crippen LogP contribution in [0.5, 0.6) is 0 Å². The third kappa shape index (κ3) is 4.67. The van der Waals surface area contributed by atoms with Gasteiger partial charge >= 0.3 is 0 Å². The minimum Gasteiger partial charge on any atom is -0.376 e. The van der Waals surface area contributed by atoms with Gasteiger partial charge in [0.15, 0.2) is 0 Å². The van der Waals surface area contributed by atoms with Crippen LogP contribution in [0.25, 0.3) is 11.3 Å². The van der Waals surface area contributed by atoms with Gasteiger partial charge in [-0.1, -0.05) is 29.2 Å². The van der Waals surface area contributed by atoms with E-state index in [4.69, 9.17) is 4.74 Å². The van der Waals surface area contributed by atoms with Crippen LogP contribution < -0.4 is 0 Å². The van der Waals surface area contributed by atoms with E-state index in [2.05, 4.69) is 27.1 Å². The number of nitrogens with zero attached hydrogens (tertiary/aromatic N) is 4. The highest BCUT2D eigenvalue weighted by molar-refractivity contribution is 5.59. The van der Waals surface area contributed by atoms with Crippen LogP contribution in [0.4, 0.5) is 0 Å². The fraction of sp³-hybridized carbons (Fsp3) is 0.474. The van der Waals surface area contributed by atoms with Gasteiger partial charge in [0.05, 0.1) is 25.4 Å². The fourth-order valence-corrected chi connectivity index (χ4v) is 2.70. The second-order valence-electron chi connectivity index (χ2n) is 6.43. The first-order chi connectivity index (χ1) is 11.7. The molecule has 0 saturated carbocycles. The highest BCUT2D eigenvalue weighted by atomic mass is 16.5. The van der Waals surface area contributed by atoms with E-state index in [0.717, 1.165) is 42.9 Å². The number of benzene rings is 1. The van der Waals surface area contributed by atoms with Crippen molar-refractivity contribution >= 4 is 0 Å². The summed E-state index contributed by atoms with van der Waals surface area (Å²) in [4.78, 5) is 2.05. The minimum atomic E-state index is 0.266. The molecule has 1 fully saturated rings. The lowest BCUT2D eigenvalue weighted by atomic mass is 10.1. The molecular weight excluding hydrogens is 300 g/mol. The van der Waals surface area contributed by atoms with Crippen molar-refractivity contribution in [2.24, 2.45) is 0 Å². The second-order valence-corrected chi connectivity index (χ2v) is 6.43. The highest BCUT2D eigenvalue weighted by Gasteiger charge is 2.15. The molecule has 0 bridgehead atoms. The maximum Gasteiger partial charge on any atom is 0.113 e. The van der Waals surface area contributed by atoms with Gasteiger partial charge in [-0.15, -0.1) is 5.10 Å². The van der Waals surface area contributed by atoms with Gasteiger partial charge in [-0.25, -0.2) is 4.68 Å². The van der Waals surface area contributed by atoms with E-state index in [1.165, 1.54) is 12.8 Å². The Bertz CT molecular complexity index is 703. The first-order valence-corrected chi connectivity index (χ1v) is 8.46. The van der Waals surface area contributed by atoms with Crippen LogP contribution in [0.15, 0.2) is 30.5 Å². The average molecular weight is 324 g/mol. The molecule has 126 valence electrons. The van der Waals surface area contributed by atoms with E-state index in [-0.39, 0.29) is 6.10 Å². The van der Waals surface area contributed by atoms with Crippen LogP contribution in [0.1, 0.15) is 24.8 Å². The molecule has 2 aromatic rings. The quantitative estimate of drug-likeness (QED) is 0.810. The van der Waals surface area contributed by atoms with Crippen molar-refractivity contribution in [3.05, 3.63) is 36.0 Å². The van der Waals surface area contributed by atoms with Crippen molar-refractivity contribution in [3.63, 3.8) is 0 Å². The summed E-state index contributed by atoms with van der Waals surface area (Å²) in [6.07, 6.45) is 5.77. The van der Waals surface area contributed by atoms with Crippen LogP contribution in [-0.2, 0) is 11.3 Å². The fourth-order valence-electron chi connectivity index (χ4n) is 2.70. The van der Waals surface area contributed by atoms with Crippen molar-refractivity contribution in [2.75, 3.05) is 27.2 Å². The molecular formula is C19H24N4O. The van der Waals surface area contributed by atoms with Gasteiger partial charge in [-0.05, 0) is 45.5 Å². The van der Waals surface area contributed by atoms with Crippen molar-refractivity contribution in [1.82, 2.24) is 19.9 Å². The summed E-state index contributed by atoms with van der Waals surface area (Å²) in [6, 6.07) is 8.15. The van der Waals surface area contributed by atoms with Crippen molar-refractivity contribution < 1.29 is 4.74 Å². The molecule has 2 heterocycles. The molecule has 3 rings (SSSR count). The SMILES string of the molecule is CN(C)CC#Cc1ccc(-c2cn(C[C@H]3CCCCO3)nn2)cc1. The van der Waals surface area contributed by atoms with E-state index < -0.39 is 0 Å². The molecule has 1 saturated heterocycles. The van der Waals surface area contributed by atoms with Gasteiger partial charge in [0.25, 0.3) is 0 Å². The molecule has 5 nitrogen and oxygen atoms in total. The van der Waals surface area contributed by atoms with E-state index in [1.54, 1.807) is 0 Å². The number of rotatable bonds is 4. The summed E-state index contributed by atoms with van der Waals surface area (Å²) in [7, 11) is 4.03. The molecule has 0 amide bonds. The largest absolute Gasteiger partial charge is 0.376 e. The Morgan fingerprint density at radius 1 is 1.25 bits per heavy atom. The Morgan fingerprint density at radius 3 is 2.79 bits per heavy atom. The lowest BCUT2D eigenvalue weighted by Crippen LogP contribution is -2.24. The van der Waals surface area contributed by atoms with E-state index in [9.17, 15) is 0 Å². The van der Waals surface area contributed by atoms with Crippen LogP contribution in [0.2, 0.25) is 0 Å². The number of hydrogen-bond donors (Lipinski definition) is 0. The van der Waals surface area contributed by atoms with E-state index in [0.29, 0.717) is 0 Å². The van der Waals surface area contributed by atoms with E-state index in [1.807, 2.05) is 49.2 Å². The average Bonchev–Trinajstić information content (AvgIpc) is 3.04. The van der Waals surface area contributed by atoms with Gasteiger partial charge in [-0.3, -0.25) is 4.90 Å². The molecule has 1 aromatic heterocycles. The summed E-state index contributed by atoms with van der Waals surface area (Å²) in [6.45, 7) is 2.41. The number of aromatic nitrogens is 3. The summed E-state index contributed by atoms with van der Waals surface area (Å²) in [5.41, 5.74) is 2.96.